The van der Waals surface area contributed by atoms with Gasteiger partial charge < -0.3 is 5.32 Å². The van der Waals surface area contributed by atoms with Crippen LogP contribution in [0.15, 0.2) is 54.9 Å². The number of rotatable bonds is 6. The van der Waals surface area contributed by atoms with E-state index in [-0.39, 0.29) is 24.5 Å². The molecule has 0 saturated carbocycles. The number of pyridine rings is 1. The highest BCUT2D eigenvalue weighted by atomic mass is 16.2. The summed E-state index contributed by atoms with van der Waals surface area (Å²) >= 11 is 0. The van der Waals surface area contributed by atoms with Crippen LogP contribution in [-0.4, -0.2) is 16.7 Å². The van der Waals surface area contributed by atoms with Gasteiger partial charge in [0.15, 0.2) is 5.78 Å². The standard InChI is InChI=1S/C16H16N2O2/c19-15(14-4-2-1-3-5-14)6-7-16(20)18-12-13-8-10-17-11-9-13/h1-5,8-11H,6-7,12H2,(H,18,20). The van der Waals surface area contributed by atoms with Gasteiger partial charge >= 0.3 is 0 Å². The summed E-state index contributed by atoms with van der Waals surface area (Å²) in [4.78, 5) is 27.4. The fourth-order valence-corrected chi connectivity index (χ4v) is 1.79. The Morgan fingerprint density at radius 2 is 1.65 bits per heavy atom. The lowest BCUT2D eigenvalue weighted by Crippen LogP contribution is -2.23. The van der Waals surface area contributed by atoms with E-state index in [4.69, 9.17) is 0 Å². The third-order valence-corrected chi connectivity index (χ3v) is 2.91. The minimum atomic E-state index is -0.119. The van der Waals surface area contributed by atoms with Crippen molar-refractivity contribution in [3.63, 3.8) is 0 Å². The van der Waals surface area contributed by atoms with E-state index in [9.17, 15) is 9.59 Å². The molecule has 102 valence electrons. The molecule has 0 aliphatic carbocycles. The lowest BCUT2D eigenvalue weighted by atomic mass is 10.1. The molecule has 0 atom stereocenters. The average Bonchev–Trinajstić information content (AvgIpc) is 2.52. The van der Waals surface area contributed by atoms with Crippen molar-refractivity contribution >= 4 is 11.7 Å². The number of ketones is 1. The van der Waals surface area contributed by atoms with Gasteiger partial charge in [0.05, 0.1) is 0 Å². The van der Waals surface area contributed by atoms with Crippen molar-refractivity contribution in [3.8, 4) is 0 Å². The molecule has 0 aliphatic heterocycles. The molecule has 1 aromatic heterocycles. The van der Waals surface area contributed by atoms with Crippen LogP contribution < -0.4 is 5.32 Å². The van der Waals surface area contributed by atoms with E-state index in [1.165, 1.54) is 0 Å². The number of nitrogens with one attached hydrogen (secondary N) is 1. The number of carbonyl (C=O) groups excluding carboxylic acids is 2. The first-order valence-corrected chi connectivity index (χ1v) is 6.49. The molecular formula is C16H16N2O2. The molecule has 0 fully saturated rings. The maximum Gasteiger partial charge on any atom is 0.220 e. The Balaban J connectivity index is 1.74. The van der Waals surface area contributed by atoms with E-state index in [1.54, 1.807) is 24.5 Å². The zero-order valence-electron chi connectivity index (χ0n) is 11.1. The van der Waals surface area contributed by atoms with Crippen LogP contribution >= 0.6 is 0 Å². The van der Waals surface area contributed by atoms with Crippen molar-refractivity contribution in [1.82, 2.24) is 10.3 Å². The summed E-state index contributed by atoms with van der Waals surface area (Å²) in [5, 5.41) is 2.79. The molecular weight excluding hydrogens is 252 g/mol. The van der Waals surface area contributed by atoms with Gasteiger partial charge in [0.2, 0.25) is 5.91 Å². The first-order chi connectivity index (χ1) is 9.75. The van der Waals surface area contributed by atoms with Crippen molar-refractivity contribution in [3.05, 3.63) is 66.0 Å². The number of aromatic nitrogens is 1. The molecule has 20 heavy (non-hydrogen) atoms. The highest BCUT2D eigenvalue weighted by molar-refractivity contribution is 5.97. The van der Waals surface area contributed by atoms with E-state index in [0.717, 1.165) is 5.56 Å². The smallest absolute Gasteiger partial charge is 0.220 e. The molecule has 0 saturated heterocycles. The maximum absolute atomic E-state index is 11.8. The fourth-order valence-electron chi connectivity index (χ4n) is 1.79. The summed E-state index contributed by atoms with van der Waals surface area (Å²) in [6, 6.07) is 12.7. The van der Waals surface area contributed by atoms with E-state index in [0.29, 0.717) is 12.1 Å². The maximum atomic E-state index is 11.8. The summed E-state index contributed by atoms with van der Waals surface area (Å²) in [5.41, 5.74) is 1.64. The predicted octanol–water partition coefficient (Wildman–Crippen LogP) is 2.36. The second kappa shape index (κ2) is 7.19. The Morgan fingerprint density at radius 3 is 2.35 bits per heavy atom. The van der Waals surface area contributed by atoms with Crippen molar-refractivity contribution in [2.45, 2.75) is 19.4 Å². The summed E-state index contributed by atoms with van der Waals surface area (Å²) in [7, 11) is 0. The van der Waals surface area contributed by atoms with Crippen LogP contribution in [0.1, 0.15) is 28.8 Å². The molecule has 1 N–H and O–H groups in total. The van der Waals surface area contributed by atoms with Crippen LogP contribution in [0.5, 0.6) is 0 Å². The van der Waals surface area contributed by atoms with Crippen LogP contribution in [-0.2, 0) is 11.3 Å². The summed E-state index contributed by atoms with van der Waals surface area (Å²) < 4.78 is 0. The summed E-state index contributed by atoms with van der Waals surface area (Å²) in [6.07, 6.45) is 3.80. The number of amides is 1. The first-order valence-electron chi connectivity index (χ1n) is 6.49. The lowest BCUT2D eigenvalue weighted by Gasteiger charge is -2.05. The number of Topliss-reactive ketones (excluding diaryl/α,β-unsaturated/α-hetero) is 1. The number of hydrogen-bond acceptors (Lipinski definition) is 3. The largest absolute Gasteiger partial charge is 0.352 e. The molecule has 2 rings (SSSR count). The monoisotopic (exact) mass is 268 g/mol. The Bertz CT molecular complexity index is 568. The van der Waals surface area contributed by atoms with Gasteiger partial charge in [-0.3, -0.25) is 14.6 Å². The minimum Gasteiger partial charge on any atom is -0.352 e. The number of hydrogen-bond donors (Lipinski definition) is 1. The Kier molecular flexibility index (Phi) is 5.00. The molecule has 0 spiro atoms. The molecule has 4 heteroatoms. The van der Waals surface area contributed by atoms with Crippen molar-refractivity contribution < 1.29 is 9.59 Å². The van der Waals surface area contributed by atoms with Gasteiger partial charge in [-0.15, -0.1) is 0 Å². The second-order valence-corrected chi connectivity index (χ2v) is 4.42. The van der Waals surface area contributed by atoms with Gasteiger partial charge in [-0.05, 0) is 17.7 Å². The third kappa shape index (κ3) is 4.31. The predicted molar refractivity (Wildman–Crippen MR) is 76.1 cm³/mol. The molecule has 1 aromatic carbocycles. The van der Waals surface area contributed by atoms with Gasteiger partial charge in [-0.1, -0.05) is 30.3 Å². The zero-order chi connectivity index (χ0) is 14.2. The Hall–Kier alpha value is -2.49. The molecule has 0 unspecified atom stereocenters. The van der Waals surface area contributed by atoms with E-state index < -0.39 is 0 Å². The van der Waals surface area contributed by atoms with Crippen LogP contribution in [0.4, 0.5) is 0 Å². The van der Waals surface area contributed by atoms with Gasteiger partial charge in [0.25, 0.3) is 0 Å². The number of carbonyl (C=O) groups is 2. The van der Waals surface area contributed by atoms with Gasteiger partial charge in [0, 0.05) is 37.3 Å². The van der Waals surface area contributed by atoms with E-state index >= 15 is 0 Å². The Labute approximate surface area is 117 Å². The van der Waals surface area contributed by atoms with Crippen molar-refractivity contribution in [2.75, 3.05) is 0 Å². The molecule has 0 aliphatic rings. The lowest BCUT2D eigenvalue weighted by molar-refractivity contribution is -0.121. The quantitative estimate of drug-likeness (QED) is 0.818. The van der Waals surface area contributed by atoms with Crippen LogP contribution in [0.3, 0.4) is 0 Å². The van der Waals surface area contributed by atoms with Gasteiger partial charge in [-0.25, -0.2) is 0 Å². The molecule has 0 bridgehead atoms. The molecule has 1 amide bonds. The van der Waals surface area contributed by atoms with Crippen molar-refractivity contribution in [2.24, 2.45) is 0 Å². The van der Waals surface area contributed by atoms with Crippen LogP contribution in [0.2, 0.25) is 0 Å². The summed E-state index contributed by atoms with van der Waals surface area (Å²) in [5.74, 6) is -0.129. The van der Waals surface area contributed by atoms with E-state index in [1.807, 2.05) is 30.3 Å². The van der Waals surface area contributed by atoms with E-state index in [2.05, 4.69) is 10.3 Å². The summed E-state index contributed by atoms with van der Waals surface area (Å²) in [6.45, 7) is 0.459. The molecule has 1 heterocycles. The second-order valence-electron chi connectivity index (χ2n) is 4.42. The average molecular weight is 268 g/mol. The highest BCUT2D eigenvalue weighted by Gasteiger charge is 2.08. The minimum absolute atomic E-state index is 0.00957. The highest BCUT2D eigenvalue weighted by Crippen LogP contribution is 2.05. The third-order valence-electron chi connectivity index (χ3n) is 2.91. The first kappa shape index (κ1) is 13.9. The van der Waals surface area contributed by atoms with Crippen LogP contribution in [0, 0.1) is 0 Å². The van der Waals surface area contributed by atoms with Gasteiger partial charge in [0.1, 0.15) is 0 Å². The fraction of sp³-hybridized carbons (Fsp3) is 0.188. The van der Waals surface area contributed by atoms with Crippen LogP contribution in [0.25, 0.3) is 0 Å². The van der Waals surface area contributed by atoms with Gasteiger partial charge in [-0.2, -0.15) is 0 Å². The molecule has 0 radical (unpaired) electrons. The number of nitrogens with zero attached hydrogens (tertiary/aromatic N) is 1. The molecule has 4 nitrogen and oxygen atoms in total. The Morgan fingerprint density at radius 1 is 0.950 bits per heavy atom. The normalized spacial score (nSPS) is 10.0. The number of benzene rings is 1. The zero-order valence-corrected chi connectivity index (χ0v) is 11.1. The molecule has 2 aromatic rings. The van der Waals surface area contributed by atoms with Crippen molar-refractivity contribution in [1.29, 1.82) is 0 Å². The topological polar surface area (TPSA) is 59.1 Å². The SMILES string of the molecule is O=C(CCC(=O)c1ccccc1)NCc1ccncc1.